The molecule has 3 N–H and O–H groups in total. The van der Waals surface area contributed by atoms with Crippen LogP contribution in [0.4, 0.5) is 11.4 Å². The molecule has 0 aliphatic rings. The molecule has 8 heteroatoms. The number of aliphatic hydroxyl groups is 2. The molecule has 0 saturated heterocycles. The van der Waals surface area contributed by atoms with E-state index >= 15 is 0 Å². The van der Waals surface area contributed by atoms with Crippen LogP contribution in [0.15, 0.2) is 48.5 Å². The maximum absolute atomic E-state index is 12.6. The van der Waals surface area contributed by atoms with Gasteiger partial charge in [-0.05, 0) is 43.3 Å². The number of alkyl halides is 1. The van der Waals surface area contributed by atoms with Crippen molar-refractivity contribution in [1.82, 2.24) is 0 Å². The lowest BCUT2D eigenvalue weighted by atomic mass is 10.1. The molecular formula is C20H20ClN3O4. The lowest BCUT2D eigenvalue weighted by molar-refractivity contribution is -0.141. The van der Waals surface area contributed by atoms with Gasteiger partial charge in [0, 0.05) is 23.8 Å². The van der Waals surface area contributed by atoms with Crippen LogP contribution in [0.5, 0.6) is 0 Å². The normalized spacial score (nSPS) is 12.5. The summed E-state index contributed by atoms with van der Waals surface area (Å²) >= 11 is 5.76. The second kappa shape index (κ2) is 9.85. The van der Waals surface area contributed by atoms with E-state index in [-0.39, 0.29) is 12.4 Å². The van der Waals surface area contributed by atoms with Crippen molar-refractivity contribution in [2.75, 3.05) is 22.6 Å². The number of carbonyl (C=O) groups is 2. The minimum atomic E-state index is -1.98. The number of nitriles is 1. The largest absolute Gasteiger partial charge is 0.380 e. The second-order valence-corrected chi connectivity index (χ2v) is 6.46. The molecule has 0 radical (unpaired) electrons. The first kappa shape index (κ1) is 21.4. The van der Waals surface area contributed by atoms with Crippen molar-refractivity contribution >= 4 is 34.8 Å². The van der Waals surface area contributed by atoms with Gasteiger partial charge in [-0.25, -0.2) is 0 Å². The number of hydrogen-bond acceptors (Lipinski definition) is 5. The fourth-order valence-electron chi connectivity index (χ4n) is 2.46. The van der Waals surface area contributed by atoms with Crippen molar-refractivity contribution < 1.29 is 19.8 Å². The molecule has 7 nitrogen and oxygen atoms in total. The van der Waals surface area contributed by atoms with Crippen LogP contribution in [0, 0.1) is 18.3 Å². The van der Waals surface area contributed by atoms with E-state index in [9.17, 15) is 19.8 Å². The maximum atomic E-state index is 12.6. The van der Waals surface area contributed by atoms with Gasteiger partial charge in [-0.15, -0.1) is 11.6 Å². The summed E-state index contributed by atoms with van der Waals surface area (Å²) in [5, 5.41) is 31.5. The van der Waals surface area contributed by atoms with Gasteiger partial charge in [0.15, 0.2) is 12.2 Å². The van der Waals surface area contributed by atoms with Crippen LogP contribution in [0.3, 0.4) is 0 Å². The number of nitrogens with one attached hydrogen (secondary N) is 1. The molecule has 0 saturated carbocycles. The van der Waals surface area contributed by atoms with Gasteiger partial charge in [0.05, 0.1) is 11.6 Å². The summed E-state index contributed by atoms with van der Waals surface area (Å²) in [5.41, 5.74) is 2.21. The average molecular weight is 402 g/mol. The number of aryl methyl sites for hydroxylation is 1. The standard InChI is InChI=1S/C20H20ClN3O4/c1-13-2-8-16(9-3-13)24(11-10-21)20(28)18(26)17(25)19(27)23-15-6-4-14(12-22)5-7-15/h2-9,17-18,25-26H,10-11H2,1H3,(H,23,27)/t17-,18-/m1/s1. The Balaban J connectivity index is 2.10. The van der Waals surface area contributed by atoms with E-state index in [2.05, 4.69) is 5.32 Å². The number of halogens is 1. The van der Waals surface area contributed by atoms with Crippen LogP contribution in [0.2, 0.25) is 0 Å². The third kappa shape index (κ3) is 5.30. The van der Waals surface area contributed by atoms with Gasteiger partial charge in [0.2, 0.25) is 0 Å². The summed E-state index contributed by atoms with van der Waals surface area (Å²) in [5.74, 6) is -1.67. The summed E-state index contributed by atoms with van der Waals surface area (Å²) in [6.45, 7) is 1.99. The van der Waals surface area contributed by atoms with E-state index in [1.54, 1.807) is 24.3 Å². The molecule has 2 aromatic rings. The van der Waals surface area contributed by atoms with Gasteiger partial charge in [-0.1, -0.05) is 17.7 Å². The van der Waals surface area contributed by atoms with Crippen molar-refractivity contribution in [3.63, 3.8) is 0 Å². The first-order valence-electron chi connectivity index (χ1n) is 8.48. The van der Waals surface area contributed by atoms with Gasteiger partial charge in [0.25, 0.3) is 11.8 Å². The molecule has 146 valence electrons. The van der Waals surface area contributed by atoms with Gasteiger partial charge in [0.1, 0.15) is 0 Å². The van der Waals surface area contributed by atoms with E-state index in [4.69, 9.17) is 16.9 Å². The highest BCUT2D eigenvalue weighted by molar-refractivity contribution is 6.18. The second-order valence-electron chi connectivity index (χ2n) is 6.08. The Kier molecular flexibility index (Phi) is 7.52. The van der Waals surface area contributed by atoms with Crippen molar-refractivity contribution in [3.8, 4) is 6.07 Å². The topological polar surface area (TPSA) is 114 Å². The number of nitrogens with zero attached hydrogens (tertiary/aromatic N) is 2. The zero-order chi connectivity index (χ0) is 20.7. The summed E-state index contributed by atoms with van der Waals surface area (Å²) in [4.78, 5) is 26.1. The van der Waals surface area contributed by atoms with E-state index in [1.807, 2.05) is 13.0 Å². The number of hydrogen-bond donors (Lipinski definition) is 3. The van der Waals surface area contributed by atoms with Crippen LogP contribution < -0.4 is 10.2 Å². The molecule has 0 heterocycles. The molecule has 28 heavy (non-hydrogen) atoms. The smallest absolute Gasteiger partial charge is 0.259 e. The molecule has 0 fully saturated rings. The molecule has 2 aromatic carbocycles. The molecule has 0 bridgehead atoms. The Labute approximate surface area is 167 Å². The SMILES string of the molecule is Cc1ccc(N(CCCl)C(=O)[C@H](O)[C@@H](O)C(=O)Nc2ccc(C#N)cc2)cc1. The summed E-state index contributed by atoms with van der Waals surface area (Å²) in [6, 6.07) is 14.8. The first-order chi connectivity index (χ1) is 13.4. The Morgan fingerprint density at radius 3 is 2.25 bits per heavy atom. The molecule has 0 spiro atoms. The Bertz CT molecular complexity index is 863. The van der Waals surface area contributed by atoms with Gasteiger partial charge >= 0.3 is 0 Å². The summed E-state index contributed by atoms with van der Waals surface area (Å²) < 4.78 is 0. The number of benzene rings is 2. The maximum Gasteiger partial charge on any atom is 0.259 e. The summed E-state index contributed by atoms with van der Waals surface area (Å²) in [6.07, 6.45) is -3.95. The Morgan fingerprint density at radius 2 is 1.71 bits per heavy atom. The molecule has 0 aromatic heterocycles. The monoisotopic (exact) mass is 401 g/mol. The van der Waals surface area contributed by atoms with E-state index in [1.165, 1.54) is 29.2 Å². The van der Waals surface area contributed by atoms with Gasteiger partial charge < -0.3 is 20.4 Å². The number of rotatable bonds is 7. The Hall–Kier alpha value is -2.92. The highest BCUT2D eigenvalue weighted by atomic mass is 35.5. The number of aliphatic hydroxyl groups excluding tert-OH is 2. The van der Waals surface area contributed by atoms with E-state index < -0.39 is 24.0 Å². The van der Waals surface area contributed by atoms with Gasteiger partial charge in [-0.3, -0.25) is 9.59 Å². The molecule has 0 unspecified atom stereocenters. The molecular weight excluding hydrogens is 382 g/mol. The van der Waals surface area contributed by atoms with Crippen molar-refractivity contribution in [2.45, 2.75) is 19.1 Å². The zero-order valence-corrected chi connectivity index (χ0v) is 15.9. The predicted octanol–water partition coefficient (Wildman–Crippen LogP) is 1.80. The molecule has 2 atom stereocenters. The molecule has 2 rings (SSSR count). The van der Waals surface area contributed by atoms with Crippen molar-refractivity contribution in [1.29, 1.82) is 5.26 Å². The average Bonchev–Trinajstić information content (AvgIpc) is 2.71. The number of amides is 2. The third-order valence-corrected chi connectivity index (χ3v) is 4.19. The van der Waals surface area contributed by atoms with Crippen LogP contribution >= 0.6 is 11.6 Å². The molecule has 0 aliphatic heterocycles. The van der Waals surface area contributed by atoms with Crippen LogP contribution in [-0.2, 0) is 9.59 Å². The first-order valence-corrected chi connectivity index (χ1v) is 9.02. The fraction of sp³-hybridized carbons (Fsp3) is 0.250. The highest BCUT2D eigenvalue weighted by Gasteiger charge is 2.34. The highest BCUT2D eigenvalue weighted by Crippen LogP contribution is 2.18. The predicted molar refractivity (Wildman–Crippen MR) is 106 cm³/mol. The lowest BCUT2D eigenvalue weighted by Gasteiger charge is -2.26. The fourth-order valence-corrected chi connectivity index (χ4v) is 2.63. The minimum Gasteiger partial charge on any atom is -0.380 e. The minimum absolute atomic E-state index is 0.102. The van der Waals surface area contributed by atoms with Crippen LogP contribution in [0.25, 0.3) is 0 Å². The number of carbonyl (C=O) groups excluding carboxylic acids is 2. The van der Waals surface area contributed by atoms with Gasteiger partial charge in [-0.2, -0.15) is 5.26 Å². The quantitative estimate of drug-likeness (QED) is 0.612. The molecule has 0 aliphatic carbocycles. The van der Waals surface area contributed by atoms with E-state index in [0.717, 1.165) is 5.56 Å². The third-order valence-electron chi connectivity index (χ3n) is 4.02. The number of anilines is 2. The van der Waals surface area contributed by atoms with E-state index in [0.29, 0.717) is 16.9 Å². The Morgan fingerprint density at radius 1 is 1.11 bits per heavy atom. The molecule has 2 amide bonds. The summed E-state index contributed by atoms with van der Waals surface area (Å²) in [7, 11) is 0. The van der Waals surface area contributed by atoms with Crippen molar-refractivity contribution in [2.24, 2.45) is 0 Å². The lowest BCUT2D eigenvalue weighted by Crippen LogP contribution is -2.50. The van der Waals surface area contributed by atoms with Crippen LogP contribution in [0.1, 0.15) is 11.1 Å². The van der Waals surface area contributed by atoms with Crippen molar-refractivity contribution in [3.05, 3.63) is 59.7 Å². The zero-order valence-electron chi connectivity index (χ0n) is 15.2. The van der Waals surface area contributed by atoms with Crippen LogP contribution in [-0.4, -0.2) is 46.7 Å².